The monoisotopic (exact) mass is 425 g/mol. The number of ether oxygens (including phenoxy) is 2. The average Bonchev–Trinajstić information content (AvgIpc) is 2.78. The van der Waals surface area contributed by atoms with Crippen LogP contribution in [0.15, 0.2) is 60.7 Å². The molecule has 0 N–H and O–H groups in total. The molecular weight excluding hydrogens is 401 g/mol. The number of nitrogens with zero attached hydrogens (tertiary/aromatic N) is 1. The van der Waals surface area contributed by atoms with Crippen molar-refractivity contribution in [3.05, 3.63) is 83.2 Å². The second-order valence-electron chi connectivity index (χ2n) is 7.45. The third kappa shape index (κ3) is 4.03. The van der Waals surface area contributed by atoms with E-state index in [1.165, 1.54) is 11.6 Å². The first-order valence-corrected chi connectivity index (χ1v) is 10.5. The van der Waals surface area contributed by atoms with Crippen LogP contribution >= 0.6 is 11.6 Å². The second kappa shape index (κ2) is 9.07. The zero-order valence-electron chi connectivity index (χ0n) is 17.2. The van der Waals surface area contributed by atoms with E-state index in [0.29, 0.717) is 23.6 Å². The summed E-state index contributed by atoms with van der Waals surface area (Å²) in [4.78, 5) is 2.24. The molecule has 30 heavy (non-hydrogen) atoms. The molecule has 0 amide bonds. The number of benzene rings is 3. The highest BCUT2D eigenvalue weighted by Gasteiger charge is 2.29. The molecule has 5 heteroatoms. The lowest BCUT2D eigenvalue weighted by molar-refractivity contribution is 0.230. The van der Waals surface area contributed by atoms with Gasteiger partial charge in [-0.25, -0.2) is 4.39 Å². The normalized spacial score (nSPS) is 14.8. The van der Waals surface area contributed by atoms with E-state index in [1.807, 2.05) is 30.3 Å². The van der Waals surface area contributed by atoms with Crippen LogP contribution in [0.25, 0.3) is 11.1 Å². The number of halogens is 2. The third-order valence-corrected chi connectivity index (χ3v) is 6.12. The Bertz CT molecular complexity index is 1030. The van der Waals surface area contributed by atoms with E-state index < -0.39 is 0 Å². The maximum atomic E-state index is 14.8. The van der Waals surface area contributed by atoms with Crippen molar-refractivity contribution in [3.63, 3.8) is 0 Å². The van der Waals surface area contributed by atoms with E-state index in [4.69, 9.17) is 21.1 Å². The van der Waals surface area contributed by atoms with Crippen LogP contribution in [-0.4, -0.2) is 31.2 Å². The Balaban J connectivity index is 1.74. The SMILES string of the molecule is COc1cc2c(c(-c3ccccc3F)c1OC)CN(C(Cl)Cc1ccccc1)CC2. The first kappa shape index (κ1) is 20.7. The molecule has 1 heterocycles. The third-order valence-electron chi connectivity index (χ3n) is 5.69. The summed E-state index contributed by atoms with van der Waals surface area (Å²) >= 11 is 6.82. The van der Waals surface area contributed by atoms with Gasteiger partial charge in [0.2, 0.25) is 0 Å². The van der Waals surface area contributed by atoms with E-state index >= 15 is 0 Å². The Labute approximate surface area is 182 Å². The molecule has 0 aromatic heterocycles. The summed E-state index contributed by atoms with van der Waals surface area (Å²) in [5, 5.41) is 0. The molecule has 1 aliphatic rings. The molecule has 4 rings (SSSR count). The van der Waals surface area contributed by atoms with Crippen LogP contribution in [0.4, 0.5) is 4.39 Å². The van der Waals surface area contributed by atoms with Gasteiger partial charge < -0.3 is 9.47 Å². The van der Waals surface area contributed by atoms with E-state index in [0.717, 1.165) is 36.1 Å². The van der Waals surface area contributed by atoms with E-state index in [1.54, 1.807) is 26.4 Å². The highest BCUT2D eigenvalue weighted by molar-refractivity contribution is 6.20. The number of hydrogen-bond donors (Lipinski definition) is 0. The molecule has 0 saturated carbocycles. The maximum Gasteiger partial charge on any atom is 0.168 e. The van der Waals surface area contributed by atoms with Gasteiger partial charge in [0.1, 0.15) is 5.82 Å². The van der Waals surface area contributed by atoms with Crippen molar-refractivity contribution in [2.45, 2.75) is 24.9 Å². The van der Waals surface area contributed by atoms with Gasteiger partial charge in [-0.05, 0) is 35.2 Å². The van der Waals surface area contributed by atoms with Gasteiger partial charge in [-0.3, -0.25) is 4.90 Å². The van der Waals surface area contributed by atoms with E-state index in [9.17, 15) is 4.39 Å². The quantitative estimate of drug-likeness (QED) is 0.375. The minimum absolute atomic E-state index is 0.151. The Morgan fingerprint density at radius 2 is 1.77 bits per heavy atom. The predicted molar refractivity (Wildman–Crippen MR) is 119 cm³/mol. The van der Waals surface area contributed by atoms with Gasteiger partial charge in [0.05, 0.1) is 19.7 Å². The van der Waals surface area contributed by atoms with Crippen LogP contribution in [0.1, 0.15) is 16.7 Å². The molecule has 0 fully saturated rings. The first-order valence-electron chi connectivity index (χ1n) is 10.1. The minimum atomic E-state index is -0.282. The summed E-state index contributed by atoms with van der Waals surface area (Å²) in [5.41, 5.74) is 4.50. The van der Waals surface area contributed by atoms with Gasteiger partial charge in [-0.1, -0.05) is 48.5 Å². The van der Waals surface area contributed by atoms with Crippen molar-refractivity contribution in [2.24, 2.45) is 0 Å². The molecule has 0 radical (unpaired) electrons. The van der Waals surface area contributed by atoms with Crippen LogP contribution in [0.5, 0.6) is 11.5 Å². The highest BCUT2D eigenvalue weighted by atomic mass is 35.5. The molecule has 1 aliphatic heterocycles. The average molecular weight is 426 g/mol. The molecule has 0 aliphatic carbocycles. The van der Waals surface area contributed by atoms with Crippen LogP contribution < -0.4 is 9.47 Å². The molecule has 156 valence electrons. The number of hydrogen-bond acceptors (Lipinski definition) is 3. The summed E-state index contributed by atoms with van der Waals surface area (Å²) in [5.74, 6) is 0.891. The molecule has 3 aromatic rings. The fourth-order valence-electron chi connectivity index (χ4n) is 4.16. The molecule has 1 atom stereocenters. The van der Waals surface area contributed by atoms with Crippen molar-refractivity contribution in [1.82, 2.24) is 4.90 Å². The maximum absolute atomic E-state index is 14.8. The van der Waals surface area contributed by atoms with Crippen LogP contribution in [0.3, 0.4) is 0 Å². The number of rotatable bonds is 6. The number of methoxy groups -OCH3 is 2. The first-order chi connectivity index (χ1) is 14.6. The van der Waals surface area contributed by atoms with Gasteiger partial charge >= 0.3 is 0 Å². The van der Waals surface area contributed by atoms with Gasteiger partial charge in [-0.2, -0.15) is 0 Å². The van der Waals surface area contributed by atoms with Gasteiger partial charge in [0, 0.05) is 30.6 Å². The molecule has 0 bridgehead atoms. The van der Waals surface area contributed by atoms with E-state index in [2.05, 4.69) is 17.0 Å². The zero-order chi connectivity index (χ0) is 21.1. The second-order valence-corrected chi connectivity index (χ2v) is 7.95. The van der Waals surface area contributed by atoms with Crippen LogP contribution in [-0.2, 0) is 19.4 Å². The lowest BCUT2D eigenvalue weighted by Crippen LogP contribution is -2.37. The van der Waals surface area contributed by atoms with Crippen molar-refractivity contribution >= 4 is 11.6 Å². The lowest BCUT2D eigenvalue weighted by atomic mass is 9.89. The van der Waals surface area contributed by atoms with Crippen LogP contribution in [0, 0.1) is 5.82 Å². The minimum Gasteiger partial charge on any atom is -0.493 e. The molecule has 0 spiro atoms. The highest BCUT2D eigenvalue weighted by Crippen LogP contribution is 2.45. The lowest BCUT2D eigenvalue weighted by Gasteiger charge is -2.34. The van der Waals surface area contributed by atoms with Crippen molar-refractivity contribution in [1.29, 1.82) is 0 Å². The van der Waals surface area contributed by atoms with Crippen molar-refractivity contribution < 1.29 is 13.9 Å². The Morgan fingerprint density at radius 3 is 2.47 bits per heavy atom. The summed E-state index contributed by atoms with van der Waals surface area (Å²) < 4.78 is 26.1. The van der Waals surface area contributed by atoms with Gasteiger partial charge in [0.25, 0.3) is 0 Å². The topological polar surface area (TPSA) is 21.7 Å². The number of fused-ring (bicyclic) bond motifs is 1. The smallest absolute Gasteiger partial charge is 0.168 e. The predicted octanol–water partition coefficient (Wildman–Crippen LogP) is 5.68. The summed E-state index contributed by atoms with van der Waals surface area (Å²) in [7, 11) is 3.20. The van der Waals surface area contributed by atoms with Crippen molar-refractivity contribution in [3.8, 4) is 22.6 Å². The Kier molecular flexibility index (Phi) is 6.26. The standard InChI is InChI=1S/C25H25ClFNO2/c1-29-22-15-18-12-13-28(23(26)14-17-8-4-3-5-9-17)16-20(18)24(25(22)30-2)19-10-6-7-11-21(19)27/h3-11,15,23H,12-14,16H2,1-2H3. The van der Waals surface area contributed by atoms with Crippen molar-refractivity contribution in [2.75, 3.05) is 20.8 Å². The molecular formula is C25H25ClFNO2. The fraction of sp³-hybridized carbons (Fsp3) is 0.280. The Hall–Kier alpha value is -2.56. The zero-order valence-corrected chi connectivity index (χ0v) is 18.0. The Morgan fingerprint density at radius 1 is 1.03 bits per heavy atom. The molecule has 0 saturated heterocycles. The molecule has 1 unspecified atom stereocenters. The van der Waals surface area contributed by atoms with Crippen LogP contribution in [0.2, 0.25) is 0 Å². The summed E-state index contributed by atoms with van der Waals surface area (Å²) in [6.45, 7) is 1.46. The van der Waals surface area contributed by atoms with Gasteiger partial charge in [-0.15, -0.1) is 11.6 Å². The fourth-order valence-corrected chi connectivity index (χ4v) is 4.51. The van der Waals surface area contributed by atoms with E-state index in [-0.39, 0.29) is 11.3 Å². The molecule has 3 nitrogen and oxygen atoms in total. The largest absolute Gasteiger partial charge is 0.493 e. The summed E-state index contributed by atoms with van der Waals surface area (Å²) in [6, 6.07) is 19.0. The summed E-state index contributed by atoms with van der Waals surface area (Å²) in [6.07, 6.45) is 1.56. The van der Waals surface area contributed by atoms with Gasteiger partial charge in [0.15, 0.2) is 11.5 Å². The molecule has 3 aromatic carbocycles. The number of alkyl halides is 1.